The molecule has 0 aliphatic heterocycles. The quantitative estimate of drug-likeness (QED) is 0.853. The zero-order valence-electron chi connectivity index (χ0n) is 13.5. The summed E-state index contributed by atoms with van der Waals surface area (Å²) in [6.45, 7) is 6.41. The third-order valence-electron chi connectivity index (χ3n) is 3.61. The first-order valence-corrected chi connectivity index (χ1v) is 7.45. The first kappa shape index (κ1) is 17.1. The van der Waals surface area contributed by atoms with Gasteiger partial charge >= 0.3 is 0 Å². The molecule has 0 aliphatic rings. The second-order valence-corrected chi connectivity index (χ2v) is 6.47. The average Bonchev–Trinajstić information content (AvgIpc) is 2.51. The van der Waals surface area contributed by atoms with Crippen LogP contribution in [0.25, 0.3) is 0 Å². The molecule has 0 bridgehead atoms. The fourth-order valence-electron chi connectivity index (χ4n) is 2.16. The predicted octanol–water partition coefficient (Wildman–Crippen LogP) is 2.98. The van der Waals surface area contributed by atoms with Gasteiger partial charge in [-0.15, -0.1) is 0 Å². The van der Waals surface area contributed by atoms with Gasteiger partial charge in [0.15, 0.2) is 0 Å². The van der Waals surface area contributed by atoms with E-state index in [0.29, 0.717) is 0 Å². The molecule has 1 heterocycles. The van der Waals surface area contributed by atoms with Crippen molar-refractivity contribution in [3.63, 3.8) is 0 Å². The largest absolute Gasteiger partial charge is 0.387 e. The molecule has 4 nitrogen and oxygen atoms in total. The molecule has 2 rings (SSSR count). The Bertz CT molecular complexity index is 678. The van der Waals surface area contributed by atoms with Gasteiger partial charge in [-0.3, -0.25) is 4.79 Å². The Labute approximate surface area is 135 Å². The van der Waals surface area contributed by atoms with E-state index in [9.17, 15) is 14.3 Å². The van der Waals surface area contributed by atoms with Crippen LogP contribution in [0, 0.1) is 5.95 Å². The number of nitrogens with zero attached hydrogens (tertiary/aromatic N) is 1. The van der Waals surface area contributed by atoms with Crippen molar-refractivity contribution in [2.24, 2.45) is 0 Å². The van der Waals surface area contributed by atoms with Crippen LogP contribution in [0.3, 0.4) is 0 Å². The van der Waals surface area contributed by atoms with Gasteiger partial charge in [0.25, 0.3) is 5.91 Å². The van der Waals surface area contributed by atoms with E-state index in [4.69, 9.17) is 0 Å². The van der Waals surface area contributed by atoms with Gasteiger partial charge in [-0.25, -0.2) is 4.98 Å². The van der Waals surface area contributed by atoms with Crippen LogP contribution in [0.15, 0.2) is 42.6 Å². The lowest BCUT2D eigenvalue weighted by Crippen LogP contribution is -2.28. The number of aliphatic hydroxyl groups is 1. The highest BCUT2D eigenvalue weighted by Gasteiger charge is 2.15. The van der Waals surface area contributed by atoms with Crippen molar-refractivity contribution in [3.05, 3.63) is 65.2 Å². The van der Waals surface area contributed by atoms with E-state index in [1.54, 1.807) is 0 Å². The Balaban J connectivity index is 1.97. The Morgan fingerprint density at radius 3 is 2.48 bits per heavy atom. The number of amides is 1. The van der Waals surface area contributed by atoms with Crippen molar-refractivity contribution >= 4 is 5.91 Å². The smallest absolute Gasteiger partial charge is 0.251 e. The number of nitrogens with one attached hydrogen (secondary N) is 1. The highest BCUT2D eigenvalue weighted by Crippen LogP contribution is 2.23. The van der Waals surface area contributed by atoms with Crippen molar-refractivity contribution in [2.75, 3.05) is 6.54 Å². The van der Waals surface area contributed by atoms with Gasteiger partial charge in [0, 0.05) is 24.4 Å². The average molecular weight is 316 g/mol. The Morgan fingerprint density at radius 2 is 1.91 bits per heavy atom. The number of benzene rings is 1. The number of aromatic nitrogens is 1. The molecular formula is C18H21FN2O2. The summed E-state index contributed by atoms with van der Waals surface area (Å²) in [7, 11) is 0. The number of hydrogen-bond donors (Lipinski definition) is 2. The molecule has 2 N–H and O–H groups in total. The zero-order chi connectivity index (χ0) is 17.0. The maximum absolute atomic E-state index is 13.0. The van der Waals surface area contributed by atoms with E-state index in [1.807, 2.05) is 24.3 Å². The molecule has 0 fully saturated rings. The van der Waals surface area contributed by atoms with E-state index >= 15 is 0 Å². The maximum atomic E-state index is 13.0. The molecule has 23 heavy (non-hydrogen) atoms. The van der Waals surface area contributed by atoms with Crippen LogP contribution < -0.4 is 5.32 Å². The predicted molar refractivity (Wildman–Crippen MR) is 86.6 cm³/mol. The van der Waals surface area contributed by atoms with Gasteiger partial charge < -0.3 is 10.4 Å². The summed E-state index contributed by atoms with van der Waals surface area (Å²) >= 11 is 0. The van der Waals surface area contributed by atoms with Crippen molar-refractivity contribution < 1.29 is 14.3 Å². The summed E-state index contributed by atoms with van der Waals surface area (Å²) in [5, 5.41) is 12.7. The first-order valence-electron chi connectivity index (χ1n) is 7.45. The summed E-state index contributed by atoms with van der Waals surface area (Å²) in [6.07, 6.45) is 0.408. The minimum Gasteiger partial charge on any atom is -0.387 e. The van der Waals surface area contributed by atoms with Crippen LogP contribution >= 0.6 is 0 Å². The van der Waals surface area contributed by atoms with Crippen molar-refractivity contribution in [1.82, 2.24) is 10.3 Å². The summed E-state index contributed by atoms with van der Waals surface area (Å²) in [4.78, 5) is 15.3. The molecule has 0 radical (unpaired) electrons. The maximum Gasteiger partial charge on any atom is 0.251 e. The number of hydrogen-bond acceptors (Lipinski definition) is 3. The Hall–Kier alpha value is -2.27. The summed E-state index contributed by atoms with van der Waals surface area (Å²) in [6, 6.07) is 10.1. The molecule has 1 aromatic carbocycles. The molecule has 2 aromatic rings. The fourth-order valence-corrected chi connectivity index (χ4v) is 2.16. The standard InChI is InChI=1S/C18H21FN2O2/c1-18(2,3)14-6-4-12(5-7-14)15(22)11-21-17(23)13-8-9-20-16(19)10-13/h4-10,15,22H,11H2,1-3H3,(H,21,23). The highest BCUT2D eigenvalue weighted by molar-refractivity contribution is 5.94. The lowest BCUT2D eigenvalue weighted by molar-refractivity contribution is 0.0915. The van der Waals surface area contributed by atoms with Gasteiger partial charge in [-0.1, -0.05) is 45.0 Å². The fraction of sp³-hybridized carbons (Fsp3) is 0.333. The topological polar surface area (TPSA) is 62.2 Å². The SMILES string of the molecule is CC(C)(C)c1ccc(C(O)CNC(=O)c2ccnc(F)c2)cc1. The molecule has 1 amide bonds. The van der Waals surface area contributed by atoms with Gasteiger partial charge in [0.1, 0.15) is 0 Å². The van der Waals surface area contributed by atoms with Crippen LogP contribution in [0.1, 0.15) is 48.4 Å². The molecule has 0 saturated carbocycles. The minimum atomic E-state index is -0.820. The number of carbonyl (C=O) groups is 1. The van der Waals surface area contributed by atoms with E-state index in [0.717, 1.165) is 11.6 Å². The normalized spacial score (nSPS) is 12.7. The van der Waals surface area contributed by atoms with E-state index in [2.05, 4.69) is 31.1 Å². The molecule has 1 atom stereocenters. The minimum absolute atomic E-state index is 0.0448. The van der Waals surface area contributed by atoms with Gasteiger partial charge in [0.05, 0.1) is 6.10 Å². The molecule has 0 spiro atoms. The second-order valence-electron chi connectivity index (χ2n) is 6.47. The van der Waals surface area contributed by atoms with Crippen molar-refractivity contribution in [1.29, 1.82) is 0 Å². The molecule has 5 heteroatoms. The van der Waals surface area contributed by atoms with E-state index in [1.165, 1.54) is 17.8 Å². The summed E-state index contributed by atoms with van der Waals surface area (Å²) in [5.41, 5.74) is 2.11. The number of rotatable bonds is 4. The Kier molecular flexibility index (Phi) is 5.11. The van der Waals surface area contributed by atoms with Crippen LogP contribution in [0.2, 0.25) is 0 Å². The molecule has 122 valence electrons. The number of carbonyl (C=O) groups excluding carboxylic acids is 1. The van der Waals surface area contributed by atoms with Crippen LogP contribution in [-0.2, 0) is 5.41 Å². The van der Waals surface area contributed by atoms with Crippen LogP contribution in [0.4, 0.5) is 4.39 Å². The van der Waals surface area contributed by atoms with E-state index in [-0.39, 0.29) is 17.5 Å². The lowest BCUT2D eigenvalue weighted by atomic mass is 9.86. The third-order valence-corrected chi connectivity index (χ3v) is 3.61. The number of pyridine rings is 1. The van der Waals surface area contributed by atoms with Gasteiger partial charge in [-0.2, -0.15) is 4.39 Å². The van der Waals surface area contributed by atoms with Crippen LogP contribution in [0.5, 0.6) is 0 Å². The van der Waals surface area contributed by atoms with E-state index < -0.39 is 18.0 Å². The number of aliphatic hydroxyl groups excluding tert-OH is 1. The van der Waals surface area contributed by atoms with Crippen molar-refractivity contribution in [3.8, 4) is 0 Å². The van der Waals surface area contributed by atoms with Crippen LogP contribution in [-0.4, -0.2) is 22.5 Å². The molecule has 1 aromatic heterocycles. The van der Waals surface area contributed by atoms with Gasteiger partial charge in [0.2, 0.25) is 5.95 Å². The third kappa shape index (κ3) is 4.60. The number of halogens is 1. The molecule has 0 aliphatic carbocycles. The summed E-state index contributed by atoms with van der Waals surface area (Å²) in [5.74, 6) is -1.16. The molecule has 1 unspecified atom stereocenters. The zero-order valence-corrected chi connectivity index (χ0v) is 13.5. The molecular weight excluding hydrogens is 295 g/mol. The Morgan fingerprint density at radius 1 is 1.26 bits per heavy atom. The van der Waals surface area contributed by atoms with Crippen molar-refractivity contribution in [2.45, 2.75) is 32.3 Å². The second kappa shape index (κ2) is 6.87. The monoisotopic (exact) mass is 316 g/mol. The lowest BCUT2D eigenvalue weighted by Gasteiger charge is -2.20. The molecule has 0 saturated heterocycles. The summed E-state index contributed by atoms with van der Waals surface area (Å²) < 4.78 is 13.0. The van der Waals surface area contributed by atoms with Gasteiger partial charge in [-0.05, 0) is 22.6 Å². The highest BCUT2D eigenvalue weighted by atomic mass is 19.1. The first-order chi connectivity index (χ1) is 10.8.